The Bertz CT molecular complexity index is 1300. The molecule has 1 saturated heterocycles. The molecule has 1 fully saturated rings. The first-order valence-corrected chi connectivity index (χ1v) is 13.4. The van der Waals surface area contributed by atoms with Gasteiger partial charge < -0.3 is 20.6 Å². The molecule has 0 spiro atoms. The molecular weight excluding hydrogens is 536 g/mol. The zero-order valence-electron chi connectivity index (χ0n) is 22.7. The summed E-state index contributed by atoms with van der Waals surface area (Å²) in [6.45, 7) is 1.82. The number of hydrazine groups is 1. The highest BCUT2D eigenvalue weighted by Crippen LogP contribution is 2.28. The highest BCUT2D eigenvalue weighted by molar-refractivity contribution is 5.83. The van der Waals surface area contributed by atoms with Crippen LogP contribution in [0.5, 0.6) is 0 Å². The van der Waals surface area contributed by atoms with E-state index < -0.39 is 29.9 Å². The summed E-state index contributed by atoms with van der Waals surface area (Å²) in [5, 5.41) is 17.7. The van der Waals surface area contributed by atoms with E-state index in [0.717, 1.165) is 11.3 Å². The van der Waals surface area contributed by atoms with Crippen LogP contribution in [0.3, 0.4) is 0 Å². The number of benzene rings is 2. The fraction of sp³-hybridized carbons (Fsp3) is 0.379. The van der Waals surface area contributed by atoms with Crippen LogP contribution in [-0.4, -0.2) is 69.6 Å². The number of hydrogen-bond acceptors (Lipinski definition) is 5. The number of carboxylic acids is 1. The van der Waals surface area contributed by atoms with E-state index in [0.29, 0.717) is 18.4 Å². The predicted molar refractivity (Wildman–Crippen MR) is 145 cm³/mol. The van der Waals surface area contributed by atoms with Gasteiger partial charge in [-0.25, -0.2) is 18.6 Å². The summed E-state index contributed by atoms with van der Waals surface area (Å²) in [6.07, 6.45) is 1.89. The van der Waals surface area contributed by atoms with Gasteiger partial charge in [0.25, 0.3) is 0 Å². The smallest absolute Gasteiger partial charge is 0.338 e. The lowest BCUT2D eigenvalue weighted by Gasteiger charge is -2.45. The number of carbonyl (C=O) groups excluding carboxylic acids is 3. The molecule has 4 amide bonds. The third kappa shape index (κ3) is 8.26. The number of halogens is 2. The molecule has 1 heterocycles. The van der Waals surface area contributed by atoms with Crippen molar-refractivity contribution in [2.75, 3.05) is 19.6 Å². The minimum atomic E-state index is -1.01. The molecule has 4 rings (SSSR count). The van der Waals surface area contributed by atoms with Gasteiger partial charge in [0.05, 0.1) is 6.54 Å². The lowest BCUT2D eigenvalue weighted by atomic mass is 10.0. The zero-order chi connectivity index (χ0) is 29.5. The van der Waals surface area contributed by atoms with Crippen LogP contribution in [0.15, 0.2) is 60.3 Å². The maximum absolute atomic E-state index is 13.5. The second-order valence-electron chi connectivity index (χ2n) is 10.2. The quantitative estimate of drug-likeness (QED) is 0.361. The van der Waals surface area contributed by atoms with Crippen molar-refractivity contribution in [1.29, 1.82) is 0 Å². The van der Waals surface area contributed by atoms with Crippen molar-refractivity contribution < 1.29 is 33.1 Å². The number of nitrogens with zero attached hydrogens (tertiary/aromatic N) is 3. The summed E-state index contributed by atoms with van der Waals surface area (Å²) in [6, 6.07) is 11.1. The average molecular weight is 570 g/mol. The number of hydrogen-bond donors (Lipinski definition) is 3. The fourth-order valence-corrected chi connectivity index (χ4v) is 4.59. The highest BCUT2D eigenvalue weighted by Gasteiger charge is 2.40. The lowest BCUT2D eigenvalue weighted by molar-refractivity contribution is -0.144. The van der Waals surface area contributed by atoms with Crippen molar-refractivity contribution in [3.8, 4) is 0 Å². The van der Waals surface area contributed by atoms with E-state index in [1.165, 1.54) is 34.2 Å². The molecule has 0 bridgehead atoms. The number of aliphatic carboxylic acids is 1. The average Bonchev–Trinajstić information content (AvgIpc) is 3.79. The second-order valence-corrected chi connectivity index (χ2v) is 10.2. The maximum Gasteiger partial charge on any atom is 0.338 e. The Morgan fingerprint density at radius 3 is 2.27 bits per heavy atom. The van der Waals surface area contributed by atoms with Crippen molar-refractivity contribution in [2.45, 2.75) is 45.3 Å². The normalized spacial score (nSPS) is 16.9. The molecule has 2 aromatic rings. The Morgan fingerprint density at radius 1 is 1.07 bits per heavy atom. The van der Waals surface area contributed by atoms with Gasteiger partial charge in [-0.05, 0) is 48.2 Å². The topological polar surface area (TPSA) is 122 Å². The number of rotatable bonds is 12. The van der Waals surface area contributed by atoms with Gasteiger partial charge in [0.1, 0.15) is 24.3 Å². The minimum absolute atomic E-state index is 0.0586. The Balaban J connectivity index is 1.54. The van der Waals surface area contributed by atoms with E-state index in [1.54, 1.807) is 36.2 Å². The predicted octanol–water partition coefficient (Wildman–Crippen LogP) is 3.01. The van der Waals surface area contributed by atoms with Crippen molar-refractivity contribution in [3.05, 3.63) is 83.1 Å². The Morgan fingerprint density at radius 2 is 1.68 bits per heavy atom. The monoisotopic (exact) mass is 569 g/mol. The van der Waals surface area contributed by atoms with Crippen LogP contribution in [0.1, 0.15) is 37.3 Å². The van der Waals surface area contributed by atoms with Gasteiger partial charge in [-0.2, -0.15) is 0 Å². The number of nitrogens with one attached hydrogen (secondary N) is 2. The molecule has 2 atom stereocenters. The summed E-state index contributed by atoms with van der Waals surface area (Å²) < 4.78 is 26.7. The van der Waals surface area contributed by atoms with Gasteiger partial charge in [0.15, 0.2) is 0 Å². The Kier molecular flexibility index (Phi) is 9.53. The first-order chi connectivity index (χ1) is 19.6. The van der Waals surface area contributed by atoms with Gasteiger partial charge in [-0.3, -0.25) is 19.4 Å². The van der Waals surface area contributed by atoms with Crippen LogP contribution in [0.25, 0.3) is 0 Å². The summed E-state index contributed by atoms with van der Waals surface area (Å²) in [7, 11) is 0. The fourth-order valence-electron chi connectivity index (χ4n) is 4.59. The van der Waals surface area contributed by atoms with E-state index in [4.69, 9.17) is 5.11 Å². The summed E-state index contributed by atoms with van der Waals surface area (Å²) >= 11 is 0. The molecule has 0 radical (unpaired) electrons. The number of urea groups is 1. The third-order valence-electron chi connectivity index (χ3n) is 6.96. The first kappa shape index (κ1) is 29.5. The Hall–Kier alpha value is -4.48. The van der Waals surface area contributed by atoms with Gasteiger partial charge in [-0.1, -0.05) is 37.3 Å². The van der Waals surface area contributed by atoms with Crippen molar-refractivity contribution in [2.24, 2.45) is 5.92 Å². The standard InChI is InChI=1S/C29H33F2N5O5/c1-19(2-13-27(38)39)28(40)34(15-14-20-3-7-22(30)8-4-20)17-25-33-26(37)18-35(24-11-12-24)36(25)29(41)32-16-21-5-9-23(31)10-6-21/h3-11,19,25H,2,12-18H2,1H3,(H,32,41)(H,33,37)(H,38,39)/t19-,25-/m0/s1. The molecule has 0 aromatic heterocycles. The van der Waals surface area contributed by atoms with E-state index in [9.17, 15) is 28.0 Å². The molecule has 2 aromatic carbocycles. The van der Waals surface area contributed by atoms with Crippen LogP contribution >= 0.6 is 0 Å². The van der Waals surface area contributed by atoms with Gasteiger partial charge in [0, 0.05) is 37.5 Å². The highest BCUT2D eigenvalue weighted by atomic mass is 19.1. The van der Waals surface area contributed by atoms with Gasteiger partial charge >= 0.3 is 12.0 Å². The van der Waals surface area contributed by atoms with E-state index in [2.05, 4.69) is 10.6 Å². The van der Waals surface area contributed by atoms with Crippen LogP contribution in [0, 0.1) is 17.6 Å². The first-order valence-electron chi connectivity index (χ1n) is 13.4. The molecule has 41 heavy (non-hydrogen) atoms. The van der Waals surface area contributed by atoms with Crippen LogP contribution in [-0.2, 0) is 27.3 Å². The zero-order valence-corrected chi connectivity index (χ0v) is 22.7. The third-order valence-corrected chi connectivity index (χ3v) is 6.96. The number of carbonyl (C=O) groups is 4. The van der Waals surface area contributed by atoms with Crippen molar-refractivity contribution >= 4 is 23.8 Å². The molecule has 3 N–H and O–H groups in total. The van der Waals surface area contributed by atoms with Crippen LogP contribution in [0.4, 0.5) is 13.6 Å². The lowest BCUT2D eigenvalue weighted by Crippen LogP contribution is -2.69. The Labute approximate surface area is 236 Å². The molecule has 10 nitrogen and oxygen atoms in total. The van der Waals surface area contributed by atoms with E-state index >= 15 is 0 Å². The summed E-state index contributed by atoms with van der Waals surface area (Å²) in [4.78, 5) is 52.3. The number of amides is 4. The van der Waals surface area contributed by atoms with Crippen LogP contribution < -0.4 is 10.6 Å². The maximum atomic E-state index is 13.5. The largest absolute Gasteiger partial charge is 0.481 e. The number of carboxylic acid groups (broad SMARTS) is 1. The molecule has 1 aliphatic carbocycles. The SMILES string of the molecule is C[C@@H](CCC(=O)O)C(=O)N(CCc1ccc(F)cc1)C[C@H]1NC(=O)CN(C2=CC2)N1C(=O)NCc1ccc(F)cc1. The van der Waals surface area contributed by atoms with Crippen molar-refractivity contribution in [3.63, 3.8) is 0 Å². The molecule has 218 valence electrons. The van der Waals surface area contributed by atoms with E-state index in [1.807, 2.05) is 6.08 Å². The summed E-state index contributed by atoms with van der Waals surface area (Å²) in [5.74, 6) is -3.06. The second kappa shape index (κ2) is 13.2. The minimum Gasteiger partial charge on any atom is -0.481 e. The van der Waals surface area contributed by atoms with E-state index in [-0.39, 0.29) is 56.7 Å². The summed E-state index contributed by atoms with van der Waals surface area (Å²) in [5.41, 5.74) is 2.26. The molecule has 12 heteroatoms. The van der Waals surface area contributed by atoms with Gasteiger partial charge in [0.2, 0.25) is 11.8 Å². The number of allylic oxidation sites excluding steroid dienone is 2. The van der Waals surface area contributed by atoms with Crippen molar-refractivity contribution in [1.82, 2.24) is 25.6 Å². The molecule has 2 aliphatic rings. The molecule has 0 unspecified atom stereocenters. The molecular formula is C29H33F2N5O5. The molecule has 1 aliphatic heterocycles. The van der Waals surface area contributed by atoms with Gasteiger partial charge in [-0.15, -0.1) is 0 Å². The van der Waals surface area contributed by atoms with Crippen LogP contribution in [0.2, 0.25) is 0 Å². The molecule has 0 saturated carbocycles.